The van der Waals surface area contributed by atoms with Gasteiger partial charge in [-0.15, -0.1) is 0 Å². The number of aryl methyl sites for hydroxylation is 2. The van der Waals surface area contributed by atoms with E-state index < -0.39 is 5.82 Å². The van der Waals surface area contributed by atoms with Crippen LogP contribution in [0.1, 0.15) is 11.3 Å². The Morgan fingerprint density at radius 2 is 2.04 bits per heavy atom. The van der Waals surface area contributed by atoms with Gasteiger partial charge in [0.05, 0.1) is 16.3 Å². The highest BCUT2D eigenvalue weighted by atomic mass is 35.5. The van der Waals surface area contributed by atoms with Gasteiger partial charge in [-0.3, -0.25) is 9.98 Å². The van der Waals surface area contributed by atoms with E-state index in [2.05, 4.69) is 9.98 Å². The summed E-state index contributed by atoms with van der Waals surface area (Å²) in [5.41, 5.74) is 3.42. The van der Waals surface area contributed by atoms with Crippen LogP contribution in [0.4, 0.5) is 10.1 Å². The normalized spacial score (nSPS) is 11.2. The Morgan fingerprint density at radius 3 is 2.76 bits per heavy atom. The lowest BCUT2D eigenvalue weighted by molar-refractivity contribution is -0.660. The number of hydrogen-bond donors (Lipinski definition) is 1. The molecule has 0 unspecified atom stereocenters. The van der Waals surface area contributed by atoms with Crippen molar-refractivity contribution in [1.82, 2.24) is 4.98 Å². The standard InChI is InChI=1S/C19H15ClFN3O/c1-12-9-13(5-7-22-12)18-19(25)14(6-8-24(18)2)11-23-15-3-4-17(21)16(20)10-15/h3-11H,1-2H3/p+1. The molecule has 0 bridgehead atoms. The van der Waals surface area contributed by atoms with E-state index in [0.717, 1.165) is 11.3 Å². The number of aromatic hydroxyl groups is 1. The molecule has 2 heterocycles. The molecule has 126 valence electrons. The van der Waals surface area contributed by atoms with E-state index in [1.807, 2.05) is 36.9 Å². The number of nitrogens with zero attached hydrogens (tertiary/aromatic N) is 3. The minimum atomic E-state index is -0.495. The maximum atomic E-state index is 13.2. The van der Waals surface area contributed by atoms with Crippen molar-refractivity contribution in [1.29, 1.82) is 0 Å². The van der Waals surface area contributed by atoms with Crippen LogP contribution in [0.3, 0.4) is 0 Å². The van der Waals surface area contributed by atoms with Crippen molar-refractivity contribution in [2.24, 2.45) is 12.0 Å². The highest BCUT2D eigenvalue weighted by molar-refractivity contribution is 6.31. The van der Waals surface area contributed by atoms with Crippen molar-refractivity contribution >= 4 is 23.5 Å². The van der Waals surface area contributed by atoms with Crippen molar-refractivity contribution in [2.45, 2.75) is 6.92 Å². The monoisotopic (exact) mass is 356 g/mol. The van der Waals surface area contributed by atoms with Crippen molar-refractivity contribution < 1.29 is 14.1 Å². The van der Waals surface area contributed by atoms with Gasteiger partial charge in [-0.2, -0.15) is 4.57 Å². The zero-order valence-electron chi connectivity index (χ0n) is 13.7. The Bertz CT molecular complexity index is 973. The van der Waals surface area contributed by atoms with E-state index in [-0.39, 0.29) is 10.8 Å². The van der Waals surface area contributed by atoms with Crippen LogP contribution >= 0.6 is 11.6 Å². The average molecular weight is 357 g/mol. The van der Waals surface area contributed by atoms with Crippen molar-refractivity contribution in [2.75, 3.05) is 0 Å². The van der Waals surface area contributed by atoms with Gasteiger partial charge in [0.25, 0.3) is 5.69 Å². The predicted molar refractivity (Wildman–Crippen MR) is 95.9 cm³/mol. The van der Waals surface area contributed by atoms with Crippen LogP contribution in [0.15, 0.2) is 53.8 Å². The summed E-state index contributed by atoms with van der Waals surface area (Å²) in [6.07, 6.45) is 5.06. The van der Waals surface area contributed by atoms with Crippen molar-refractivity contribution in [3.8, 4) is 17.0 Å². The molecule has 1 N–H and O–H groups in total. The quantitative estimate of drug-likeness (QED) is 0.566. The second kappa shape index (κ2) is 6.99. The second-order valence-corrected chi connectivity index (χ2v) is 6.03. The van der Waals surface area contributed by atoms with Crippen LogP contribution in [-0.2, 0) is 7.05 Å². The molecule has 0 atom stereocenters. The van der Waals surface area contributed by atoms with E-state index >= 15 is 0 Å². The molecular formula is C19H16ClFN3O+. The fourth-order valence-electron chi connectivity index (χ4n) is 2.50. The van der Waals surface area contributed by atoms with Gasteiger partial charge in [0.15, 0.2) is 11.9 Å². The maximum Gasteiger partial charge on any atom is 0.255 e. The first-order valence-corrected chi connectivity index (χ1v) is 7.97. The lowest BCUT2D eigenvalue weighted by Crippen LogP contribution is -2.30. The molecule has 0 fully saturated rings. The Kier molecular flexibility index (Phi) is 4.76. The zero-order chi connectivity index (χ0) is 18.0. The summed E-state index contributed by atoms with van der Waals surface area (Å²) in [6, 6.07) is 9.69. The first-order valence-electron chi connectivity index (χ1n) is 7.59. The fraction of sp³-hybridized carbons (Fsp3) is 0.105. The van der Waals surface area contributed by atoms with E-state index in [1.54, 1.807) is 12.3 Å². The largest absolute Gasteiger partial charge is 0.502 e. The van der Waals surface area contributed by atoms with E-state index in [0.29, 0.717) is 16.9 Å². The number of rotatable bonds is 3. The van der Waals surface area contributed by atoms with Crippen molar-refractivity contribution in [3.05, 3.63) is 70.9 Å². The third kappa shape index (κ3) is 3.67. The van der Waals surface area contributed by atoms with Gasteiger partial charge in [-0.25, -0.2) is 4.39 Å². The topological polar surface area (TPSA) is 49.4 Å². The molecule has 0 radical (unpaired) electrons. The van der Waals surface area contributed by atoms with Crippen molar-refractivity contribution in [3.63, 3.8) is 0 Å². The Morgan fingerprint density at radius 1 is 1.24 bits per heavy atom. The van der Waals surface area contributed by atoms with Gasteiger partial charge in [-0.05, 0) is 37.3 Å². The summed E-state index contributed by atoms with van der Waals surface area (Å²) in [4.78, 5) is 8.44. The third-order valence-electron chi connectivity index (χ3n) is 3.75. The molecule has 4 nitrogen and oxygen atoms in total. The minimum Gasteiger partial charge on any atom is -0.502 e. The van der Waals surface area contributed by atoms with Gasteiger partial charge in [0.2, 0.25) is 0 Å². The average Bonchev–Trinajstić information content (AvgIpc) is 2.57. The van der Waals surface area contributed by atoms with Gasteiger partial charge >= 0.3 is 0 Å². The van der Waals surface area contributed by atoms with Gasteiger partial charge in [0.1, 0.15) is 12.9 Å². The van der Waals surface area contributed by atoms with Gasteiger partial charge < -0.3 is 5.11 Å². The number of aliphatic imine (C=N–C) groups is 1. The summed E-state index contributed by atoms with van der Waals surface area (Å²) in [5, 5.41) is 10.7. The number of pyridine rings is 2. The fourth-order valence-corrected chi connectivity index (χ4v) is 2.67. The SMILES string of the molecule is Cc1cc(-c2c(O)c(C=Nc3ccc(F)c(Cl)c3)cc[n+]2C)ccn1. The molecule has 25 heavy (non-hydrogen) atoms. The molecule has 0 amide bonds. The third-order valence-corrected chi connectivity index (χ3v) is 4.04. The lowest BCUT2D eigenvalue weighted by atomic mass is 10.1. The summed E-state index contributed by atoms with van der Waals surface area (Å²) in [5.74, 6) is -0.391. The molecule has 3 rings (SSSR count). The highest BCUT2D eigenvalue weighted by Gasteiger charge is 2.19. The molecule has 6 heteroatoms. The van der Waals surface area contributed by atoms with E-state index in [9.17, 15) is 9.50 Å². The first-order chi connectivity index (χ1) is 12.0. The smallest absolute Gasteiger partial charge is 0.255 e. The van der Waals surface area contributed by atoms with Crippen LogP contribution < -0.4 is 4.57 Å². The highest BCUT2D eigenvalue weighted by Crippen LogP contribution is 2.28. The molecule has 0 aliphatic rings. The van der Waals surface area contributed by atoms with Crippen LogP contribution in [0.2, 0.25) is 5.02 Å². The number of hydrogen-bond acceptors (Lipinski definition) is 3. The molecule has 2 aromatic heterocycles. The van der Waals surface area contributed by atoms with Crippen LogP contribution in [0.25, 0.3) is 11.3 Å². The van der Waals surface area contributed by atoms with Gasteiger partial charge in [0, 0.05) is 29.7 Å². The number of aromatic nitrogens is 2. The van der Waals surface area contributed by atoms with Crippen LogP contribution in [0, 0.1) is 12.7 Å². The summed E-state index contributed by atoms with van der Waals surface area (Å²) < 4.78 is 15.0. The summed E-state index contributed by atoms with van der Waals surface area (Å²) in [6.45, 7) is 1.89. The number of benzene rings is 1. The number of halogens is 2. The van der Waals surface area contributed by atoms with E-state index in [4.69, 9.17) is 11.6 Å². The maximum absolute atomic E-state index is 13.2. The molecule has 0 aliphatic carbocycles. The first kappa shape index (κ1) is 17.0. The molecule has 3 aromatic rings. The Hall–Kier alpha value is -2.79. The van der Waals surface area contributed by atoms with Crippen LogP contribution in [-0.4, -0.2) is 16.3 Å². The molecular weight excluding hydrogens is 341 g/mol. The van der Waals surface area contributed by atoms with Gasteiger partial charge in [-0.1, -0.05) is 11.6 Å². The van der Waals surface area contributed by atoms with E-state index in [1.165, 1.54) is 24.4 Å². The Balaban J connectivity index is 2.02. The molecule has 1 aromatic carbocycles. The molecule has 0 saturated carbocycles. The molecule has 0 spiro atoms. The minimum absolute atomic E-state index is 0.00582. The predicted octanol–water partition coefficient (Wildman–Crippen LogP) is 4.13. The van der Waals surface area contributed by atoms with Crippen LogP contribution in [0.5, 0.6) is 5.75 Å². The summed E-state index contributed by atoms with van der Waals surface area (Å²) >= 11 is 5.76. The second-order valence-electron chi connectivity index (χ2n) is 5.62. The molecule has 0 aliphatic heterocycles. The zero-order valence-corrected chi connectivity index (χ0v) is 14.5. The summed E-state index contributed by atoms with van der Waals surface area (Å²) in [7, 11) is 1.85. The Labute approximate surface area is 149 Å². The molecule has 0 saturated heterocycles. The lowest BCUT2D eigenvalue weighted by Gasteiger charge is -2.06.